The number of hydrogen-bond donors (Lipinski definition) is 3. The van der Waals surface area contributed by atoms with Crippen LogP contribution < -0.4 is 10.6 Å². The Balaban J connectivity index is 1.63. The molecule has 0 bridgehead atoms. The highest BCUT2D eigenvalue weighted by Gasteiger charge is 2.16. The average molecular weight is 489 g/mol. The van der Waals surface area contributed by atoms with Crippen LogP contribution in [0.3, 0.4) is 0 Å². The number of pyridine rings is 1. The number of likely N-dealkylation sites (N-methyl/N-ethyl adjacent to an activating group) is 2. The van der Waals surface area contributed by atoms with Gasteiger partial charge in [0.05, 0.1) is 23.3 Å². The third kappa shape index (κ3) is 6.21. The Hall–Kier alpha value is -3.89. The molecule has 4 rings (SSSR count). The molecule has 188 valence electrons. The Kier molecular flexibility index (Phi) is 8.19. The summed E-state index contributed by atoms with van der Waals surface area (Å²) in [5.41, 5.74) is 5.03. The van der Waals surface area contributed by atoms with Crippen molar-refractivity contribution < 1.29 is 9.53 Å². The van der Waals surface area contributed by atoms with Crippen molar-refractivity contribution in [2.24, 2.45) is 0 Å². The maximum Gasteiger partial charge on any atom is 0.413 e. The van der Waals surface area contributed by atoms with Gasteiger partial charge in [0.15, 0.2) is 5.82 Å². The van der Waals surface area contributed by atoms with E-state index in [0.717, 1.165) is 47.5 Å². The fourth-order valence-electron chi connectivity index (χ4n) is 4.13. The molecular formula is C26H32N8O2. The van der Waals surface area contributed by atoms with Crippen molar-refractivity contribution in [1.29, 1.82) is 0 Å². The van der Waals surface area contributed by atoms with Crippen molar-refractivity contribution in [2.75, 3.05) is 32.1 Å². The van der Waals surface area contributed by atoms with Crippen LogP contribution in [-0.4, -0.2) is 68.7 Å². The topological polar surface area (TPSA) is 121 Å². The molecule has 10 nitrogen and oxygen atoms in total. The molecule has 1 aromatic carbocycles. The Bertz CT molecular complexity index is 1290. The minimum absolute atomic E-state index is 0.271. The first kappa shape index (κ1) is 25.2. The summed E-state index contributed by atoms with van der Waals surface area (Å²) in [6.07, 6.45) is 4.69. The summed E-state index contributed by atoms with van der Waals surface area (Å²) >= 11 is 0. The van der Waals surface area contributed by atoms with Gasteiger partial charge in [-0.05, 0) is 57.3 Å². The lowest BCUT2D eigenvalue weighted by Crippen LogP contribution is -2.37. The van der Waals surface area contributed by atoms with Crippen LogP contribution in [0.15, 0.2) is 48.9 Å². The van der Waals surface area contributed by atoms with Crippen LogP contribution in [0.5, 0.6) is 0 Å². The van der Waals surface area contributed by atoms with Crippen LogP contribution in [0, 0.1) is 0 Å². The first-order valence-electron chi connectivity index (χ1n) is 12.1. The smallest absolute Gasteiger partial charge is 0.413 e. The number of nitrogens with one attached hydrogen (secondary N) is 3. The number of fused-ring (bicyclic) bond motifs is 1. The number of anilines is 1. The number of rotatable bonds is 10. The largest absolute Gasteiger partial charge is 0.450 e. The molecule has 0 fully saturated rings. The molecule has 0 aliphatic rings. The van der Waals surface area contributed by atoms with Crippen molar-refractivity contribution >= 4 is 23.1 Å². The van der Waals surface area contributed by atoms with E-state index in [2.05, 4.69) is 62.4 Å². The number of carbonyl (C=O) groups is 1. The lowest BCUT2D eigenvalue weighted by atomic mass is 10.0. The van der Waals surface area contributed by atoms with Gasteiger partial charge < -0.3 is 15.0 Å². The monoisotopic (exact) mass is 488 g/mol. The van der Waals surface area contributed by atoms with Crippen LogP contribution in [0.25, 0.3) is 33.5 Å². The van der Waals surface area contributed by atoms with E-state index in [9.17, 15) is 4.79 Å². The minimum atomic E-state index is -0.570. The molecule has 0 aliphatic carbocycles. The highest BCUT2D eigenvalue weighted by molar-refractivity contribution is 5.96. The number of benzene rings is 1. The van der Waals surface area contributed by atoms with E-state index < -0.39 is 6.09 Å². The summed E-state index contributed by atoms with van der Waals surface area (Å²) in [5.74, 6) is 0.845. The third-order valence-electron chi connectivity index (χ3n) is 5.62. The third-order valence-corrected chi connectivity index (χ3v) is 5.62. The number of carbonyl (C=O) groups excluding carboxylic acids is 1. The Labute approximate surface area is 210 Å². The van der Waals surface area contributed by atoms with E-state index in [1.54, 1.807) is 25.4 Å². The molecule has 0 saturated heterocycles. The number of aromatic nitrogens is 5. The maximum absolute atomic E-state index is 11.9. The zero-order valence-electron chi connectivity index (χ0n) is 21.1. The average Bonchev–Trinajstić information content (AvgIpc) is 3.26. The second-order valence-corrected chi connectivity index (χ2v) is 8.61. The number of H-pyrrole nitrogens is 1. The second kappa shape index (κ2) is 11.7. The fraction of sp³-hybridized carbons (Fsp3) is 0.346. The first-order valence-corrected chi connectivity index (χ1v) is 12.1. The van der Waals surface area contributed by atoms with E-state index in [1.165, 1.54) is 0 Å². The lowest BCUT2D eigenvalue weighted by Gasteiger charge is -2.21. The van der Waals surface area contributed by atoms with E-state index in [-0.39, 0.29) is 6.61 Å². The quantitative estimate of drug-likeness (QED) is 0.305. The van der Waals surface area contributed by atoms with Gasteiger partial charge in [-0.2, -0.15) is 0 Å². The molecule has 0 saturated carbocycles. The Morgan fingerprint density at radius 1 is 1.14 bits per heavy atom. The van der Waals surface area contributed by atoms with E-state index in [0.29, 0.717) is 23.3 Å². The summed E-state index contributed by atoms with van der Waals surface area (Å²) in [5, 5.41) is 6.06. The summed E-state index contributed by atoms with van der Waals surface area (Å²) < 4.78 is 4.97. The molecule has 10 heteroatoms. The molecule has 0 spiro atoms. The van der Waals surface area contributed by atoms with Crippen molar-refractivity contribution in [3.63, 3.8) is 0 Å². The summed E-state index contributed by atoms with van der Waals surface area (Å²) in [6, 6.07) is 10.3. The van der Waals surface area contributed by atoms with Crippen LogP contribution in [0.4, 0.5) is 10.7 Å². The van der Waals surface area contributed by atoms with Crippen LogP contribution in [0.2, 0.25) is 0 Å². The van der Waals surface area contributed by atoms with Gasteiger partial charge in [-0.1, -0.05) is 13.0 Å². The van der Waals surface area contributed by atoms with Crippen LogP contribution in [0.1, 0.15) is 26.5 Å². The number of amides is 1. The van der Waals surface area contributed by atoms with Crippen molar-refractivity contribution in [3.05, 3.63) is 54.6 Å². The molecule has 1 unspecified atom stereocenters. The molecule has 1 amide bonds. The highest BCUT2D eigenvalue weighted by atomic mass is 16.5. The maximum atomic E-state index is 11.9. The molecule has 4 aromatic rings. The zero-order valence-corrected chi connectivity index (χ0v) is 21.1. The molecule has 1 atom stereocenters. The number of imidazole rings is 1. The Morgan fingerprint density at radius 3 is 2.64 bits per heavy atom. The number of hydrogen-bond acceptors (Lipinski definition) is 8. The SMILES string of the molecule is CCNC(C)CN(C)Cc1ccc(-c2cc(-c3ncccn3)c3[nH]c(NC(=O)OCC)nc3c2)cn1. The van der Waals surface area contributed by atoms with Gasteiger partial charge in [-0.25, -0.2) is 19.7 Å². The number of ether oxygens (including phenoxy) is 1. The Morgan fingerprint density at radius 2 is 1.94 bits per heavy atom. The molecule has 3 aromatic heterocycles. The zero-order chi connectivity index (χ0) is 25.5. The lowest BCUT2D eigenvalue weighted by molar-refractivity contribution is 0.167. The van der Waals surface area contributed by atoms with Crippen molar-refractivity contribution in [2.45, 2.75) is 33.4 Å². The predicted molar refractivity (Wildman–Crippen MR) is 140 cm³/mol. The van der Waals surface area contributed by atoms with Crippen molar-refractivity contribution in [1.82, 2.24) is 35.1 Å². The molecule has 0 aliphatic heterocycles. The van der Waals surface area contributed by atoms with E-state index in [1.807, 2.05) is 24.4 Å². The predicted octanol–water partition coefficient (Wildman–Crippen LogP) is 4.08. The fourth-order valence-corrected chi connectivity index (χ4v) is 4.13. The molecule has 0 radical (unpaired) electrons. The van der Waals surface area contributed by atoms with Gasteiger partial charge in [0.1, 0.15) is 0 Å². The van der Waals surface area contributed by atoms with Gasteiger partial charge in [0.2, 0.25) is 5.95 Å². The van der Waals surface area contributed by atoms with E-state index in [4.69, 9.17) is 9.72 Å². The van der Waals surface area contributed by atoms with Crippen LogP contribution in [-0.2, 0) is 11.3 Å². The van der Waals surface area contributed by atoms with Gasteiger partial charge in [-0.3, -0.25) is 15.2 Å². The minimum Gasteiger partial charge on any atom is -0.450 e. The standard InChI is InChI=1S/C26H32N8O2/c1-5-27-17(3)15-34(4)16-20-9-8-18(14-30-20)19-12-21(24-28-10-7-11-29-24)23-22(13-19)31-25(32-23)33-26(35)36-6-2/h7-14,17,27H,5-6,15-16H2,1-4H3,(H2,31,32,33,35). The molecule has 3 N–H and O–H groups in total. The normalized spacial score (nSPS) is 12.1. The summed E-state index contributed by atoms with van der Waals surface area (Å²) in [4.78, 5) is 35.4. The first-order chi connectivity index (χ1) is 17.5. The highest BCUT2D eigenvalue weighted by Crippen LogP contribution is 2.32. The van der Waals surface area contributed by atoms with Crippen LogP contribution >= 0.6 is 0 Å². The van der Waals surface area contributed by atoms with Gasteiger partial charge in [-0.15, -0.1) is 0 Å². The second-order valence-electron chi connectivity index (χ2n) is 8.61. The van der Waals surface area contributed by atoms with Gasteiger partial charge >= 0.3 is 6.09 Å². The number of nitrogens with zero attached hydrogens (tertiary/aromatic N) is 5. The van der Waals surface area contributed by atoms with E-state index >= 15 is 0 Å². The van der Waals surface area contributed by atoms with Crippen molar-refractivity contribution in [3.8, 4) is 22.5 Å². The summed E-state index contributed by atoms with van der Waals surface area (Å²) in [6.45, 7) is 8.98. The molecular weight excluding hydrogens is 456 g/mol. The van der Waals surface area contributed by atoms with Gasteiger partial charge in [0, 0.05) is 48.8 Å². The summed E-state index contributed by atoms with van der Waals surface area (Å²) in [7, 11) is 2.10. The number of aromatic amines is 1. The molecule has 36 heavy (non-hydrogen) atoms. The molecule has 3 heterocycles. The van der Waals surface area contributed by atoms with Gasteiger partial charge in [0.25, 0.3) is 0 Å².